The maximum Gasteiger partial charge on any atom is 0.412 e. The minimum atomic E-state index is -0.754. The molecule has 10 nitrogen and oxygen atoms in total. The van der Waals surface area contributed by atoms with E-state index in [4.69, 9.17) is 9.47 Å². The molecule has 0 radical (unpaired) electrons. The normalized spacial score (nSPS) is 20.9. The summed E-state index contributed by atoms with van der Waals surface area (Å²) in [4.78, 5) is 18.8. The average Bonchev–Trinajstić information content (AvgIpc) is 3.16. The van der Waals surface area contributed by atoms with Crippen LogP contribution in [0.3, 0.4) is 0 Å². The lowest BCUT2D eigenvalue weighted by atomic mass is 10.1. The van der Waals surface area contributed by atoms with Gasteiger partial charge in [-0.15, -0.1) is 34.2 Å². The molecule has 0 aliphatic carbocycles. The Hall–Kier alpha value is -1.63. The van der Waals surface area contributed by atoms with E-state index >= 15 is 0 Å². The summed E-state index contributed by atoms with van der Waals surface area (Å²) in [5, 5.41) is 14.6. The Morgan fingerprint density at radius 3 is 2.61 bits per heavy atom. The number of aromatic nitrogens is 3. The standard InChI is InChI=1S/C20H37N7O3.HI/c1-9-16-25-24-13-26(16)11-10-22-17(21-8)23-12-15-14(2)29-20(6,7)27(15)18(28)30-19(3,4)5;/h13-15H,9-12H2,1-8H3,(H2,21,22,23);1H. The second kappa shape index (κ2) is 11.3. The Morgan fingerprint density at radius 2 is 2.03 bits per heavy atom. The molecule has 1 aromatic rings. The zero-order valence-electron chi connectivity index (χ0n) is 19.9. The number of hydrogen-bond donors (Lipinski definition) is 2. The van der Waals surface area contributed by atoms with Gasteiger partial charge in [-0.05, 0) is 41.5 Å². The summed E-state index contributed by atoms with van der Waals surface area (Å²) in [6.45, 7) is 15.2. The number of guanidine groups is 1. The van der Waals surface area contributed by atoms with Gasteiger partial charge in [0.05, 0.1) is 12.1 Å². The number of aryl methyl sites for hydroxylation is 1. The van der Waals surface area contributed by atoms with E-state index in [2.05, 4.69) is 32.7 Å². The second-order valence-corrected chi connectivity index (χ2v) is 8.86. The SMILES string of the molecule is CCc1nncn1CCNC(=NC)NCC1C(C)OC(C)(C)N1C(=O)OC(C)(C)C.I. The van der Waals surface area contributed by atoms with Crippen molar-refractivity contribution in [3.8, 4) is 0 Å². The van der Waals surface area contributed by atoms with Gasteiger partial charge >= 0.3 is 6.09 Å². The van der Waals surface area contributed by atoms with Crippen LogP contribution in [0.25, 0.3) is 0 Å². The average molecular weight is 551 g/mol. The Morgan fingerprint density at radius 1 is 1.35 bits per heavy atom. The molecule has 0 aromatic carbocycles. The summed E-state index contributed by atoms with van der Waals surface area (Å²) in [5.41, 5.74) is -1.33. The molecule has 31 heavy (non-hydrogen) atoms. The highest BCUT2D eigenvalue weighted by Crippen LogP contribution is 2.33. The minimum Gasteiger partial charge on any atom is -0.444 e. The van der Waals surface area contributed by atoms with Crippen molar-refractivity contribution in [1.82, 2.24) is 30.3 Å². The van der Waals surface area contributed by atoms with Crippen molar-refractivity contribution in [1.29, 1.82) is 0 Å². The smallest absolute Gasteiger partial charge is 0.412 e. The van der Waals surface area contributed by atoms with Crippen molar-refractivity contribution >= 4 is 36.0 Å². The molecule has 11 heteroatoms. The van der Waals surface area contributed by atoms with Crippen LogP contribution in [-0.2, 0) is 22.4 Å². The highest BCUT2D eigenvalue weighted by atomic mass is 127. The van der Waals surface area contributed by atoms with Gasteiger partial charge in [-0.3, -0.25) is 9.89 Å². The lowest BCUT2D eigenvalue weighted by Gasteiger charge is -2.35. The van der Waals surface area contributed by atoms with Crippen molar-refractivity contribution in [3.05, 3.63) is 12.2 Å². The molecule has 178 valence electrons. The van der Waals surface area contributed by atoms with E-state index in [0.717, 1.165) is 18.8 Å². The molecule has 2 N–H and O–H groups in total. The molecule has 1 amide bonds. The van der Waals surface area contributed by atoms with Gasteiger partial charge in [0.15, 0.2) is 5.96 Å². The van der Waals surface area contributed by atoms with Crippen LogP contribution >= 0.6 is 24.0 Å². The predicted octanol–water partition coefficient (Wildman–Crippen LogP) is 2.38. The molecule has 2 unspecified atom stereocenters. The maximum atomic E-state index is 12.8. The third-order valence-electron chi connectivity index (χ3n) is 4.88. The number of nitrogens with one attached hydrogen (secondary N) is 2. The summed E-state index contributed by atoms with van der Waals surface area (Å²) in [5.74, 6) is 1.61. The van der Waals surface area contributed by atoms with Crippen LogP contribution in [0.15, 0.2) is 11.3 Å². The molecule has 0 spiro atoms. The first-order chi connectivity index (χ1) is 14.0. The fourth-order valence-electron chi connectivity index (χ4n) is 3.58. The van der Waals surface area contributed by atoms with E-state index in [1.54, 1.807) is 18.3 Å². The van der Waals surface area contributed by atoms with Crippen LogP contribution < -0.4 is 10.6 Å². The van der Waals surface area contributed by atoms with E-state index in [0.29, 0.717) is 19.0 Å². The molecule has 1 aliphatic heterocycles. The fraction of sp³-hybridized carbons (Fsp3) is 0.800. The van der Waals surface area contributed by atoms with E-state index in [1.165, 1.54) is 0 Å². The van der Waals surface area contributed by atoms with Crippen LogP contribution in [0.1, 0.15) is 54.3 Å². The highest BCUT2D eigenvalue weighted by Gasteiger charge is 2.49. The lowest BCUT2D eigenvalue weighted by molar-refractivity contribution is -0.0755. The predicted molar refractivity (Wildman–Crippen MR) is 131 cm³/mol. The molecule has 2 atom stereocenters. The number of amides is 1. The highest BCUT2D eigenvalue weighted by molar-refractivity contribution is 14.0. The monoisotopic (exact) mass is 551 g/mol. The van der Waals surface area contributed by atoms with Gasteiger partial charge in [0.1, 0.15) is 23.5 Å². The Bertz CT molecular complexity index is 745. The Labute approximate surface area is 202 Å². The maximum absolute atomic E-state index is 12.8. The summed E-state index contributed by atoms with van der Waals surface area (Å²) in [6, 6.07) is -0.196. The number of carbonyl (C=O) groups excluding carboxylic acids is 1. The van der Waals surface area contributed by atoms with Crippen molar-refractivity contribution in [2.24, 2.45) is 4.99 Å². The minimum absolute atomic E-state index is 0. The Balaban J connectivity index is 0.00000480. The molecular formula is C20H38IN7O3. The topological polar surface area (TPSA) is 106 Å². The van der Waals surface area contributed by atoms with Crippen LogP contribution in [0.2, 0.25) is 0 Å². The molecule has 1 aromatic heterocycles. The fourth-order valence-corrected chi connectivity index (χ4v) is 3.58. The first-order valence-electron chi connectivity index (χ1n) is 10.5. The molecule has 2 rings (SSSR count). The van der Waals surface area contributed by atoms with E-state index < -0.39 is 11.3 Å². The van der Waals surface area contributed by atoms with Crippen molar-refractivity contribution in [3.63, 3.8) is 0 Å². The Kier molecular flexibility index (Phi) is 9.99. The molecule has 1 aliphatic rings. The molecule has 1 saturated heterocycles. The largest absolute Gasteiger partial charge is 0.444 e. The van der Waals surface area contributed by atoms with Crippen LogP contribution in [0.5, 0.6) is 0 Å². The van der Waals surface area contributed by atoms with Gasteiger partial charge in [-0.2, -0.15) is 0 Å². The number of ether oxygens (including phenoxy) is 2. The van der Waals surface area contributed by atoms with E-state index in [-0.39, 0.29) is 42.2 Å². The van der Waals surface area contributed by atoms with Crippen LogP contribution in [-0.4, -0.2) is 75.3 Å². The van der Waals surface area contributed by atoms with Crippen molar-refractivity contribution < 1.29 is 14.3 Å². The van der Waals surface area contributed by atoms with E-state index in [9.17, 15) is 4.79 Å². The molecule has 2 heterocycles. The number of aliphatic imine (C=N–C) groups is 1. The summed E-state index contributed by atoms with van der Waals surface area (Å²) < 4.78 is 13.7. The lowest BCUT2D eigenvalue weighted by Crippen LogP contribution is -2.54. The first kappa shape index (κ1) is 27.4. The summed E-state index contributed by atoms with van der Waals surface area (Å²) in [6.07, 6.45) is 2.03. The molecule has 1 fully saturated rings. The zero-order chi connectivity index (χ0) is 22.5. The quantitative estimate of drug-likeness (QED) is 0.318. The van der Waals surface area contributed by atoms with Gasteiger partial charge < -0.3 is 24.7 Å². The number of nitrogens with zero attached hydrogens (tertiary/aromatic N) is 5. The molecular weight excluding hydrogens is 513 g/mol. The van der Waals surface area contributed by atoms with Gasteiger partial charge in [-0.1, -0.05) is 6.92 Å². The summed E-state index contributed by atoms with van der Waals surface area (Å²) in [7, 11) is 1.72. The van der Waals surface area contributed by atoms with Crippen molar-refractivity contribution in [2.45, 2.75) is 84.9 Å². The number of carbonyl (C=O) groups is 1. The third kappa shape index (κ3) is 7.48. The van der Waals surface area contributed by atoms with Gasteiger partial charge in [0.25, 0.3) is 0 Å². The molecule has 0 bridgehead atoms. The van der Waals surface area contributed by atoms with Gasteiger partial charge in [0, 0.05) is 33.1 Å². The van der Waals surface area contributed by atoms with Gasteiger partial charge in [-0.25, -0.2) is 4.79 Å². The first-order valence-corrected chi connectivity index (χ1v) is 10.5. The number of halogens is 1. The van der Waals surface area contributed by atoms with E-state index in [1.807, 2.05) is 46.1 Å². The van der Waals surface area contributed by atoms with Crippen LogP contribution in [0.4, 0.5) is 4.79 Å². The third-order valence-corrected chi connectivity index (χ3v) is 4.88. The van der Waals surface area contributed by atoms with Crippen LogP contribution in [0, 0.1) is 0 Å². The van der Waals surface area contributed by atoms with Crippen molar-refractivity contribution in [2.75, 3.05) is 20.1 Å². The number of hydrogen-bond acceptors (Lipinski definition) is 6. The number of rotatable bonds is 6. The molecule has 0 saturated carbocycles. The van der Waals surface area contributed by atoms with Gasteiger partial charge in [0.2, 0.25) is 0 Å². The zero-order valence-corrected chi connectivity index (χ0v) is 22.3. The second-order valence-electron chi connectivity index (χ2n) is 8.86. The summed E-state index contributed by atoms with van der Waals surface area (Å²) >= 11 is 0.